The standard InChI is InChI=1S/C23H31ClN2O2.ClH.H2O/c1-28-22-8-7-21(24)20-15-17(5-6-19(20)22)16-25-13-9-18(10-14-25)23(27)26-11-3-2-4-12-26;;/h7-8,15,18H,2-6,9-14,16H2,1H3;1H;1H2. The zero-order chi connectivity index (χ0) is 19.5. The van der Waals surface area contributed by atoms with Gasteiger partial charge in [0.15, 0.2) is 0 Å². The monoisotopic (exact) mass is 456 g/mol. The molecule has 2 fully saturated rings. The molecule has 0 bridgehead atoms. The van der Waals surface area contributed by atoms with Crippen LogP contribution in [0.15, 0.2) is 17.7 Å². The van der Waals surface area contributed by atoms with Crippen LogP contribution >= 0.6 is 24.0 Å². The molecule has 168 valence electrons. The van der Waals surface area contributed by atoms with E-state index in [0.717, 1.165) is 74.7 Å². The smallest absolute Gasteiger partial charge is 0.225 e. The Morgan fingerprint density at radius 3 is 2.47 bits per heavy atom. The maximum atomic E-state index is 12.8. The Hall–Kier alpha value is -1.27. The Labute approximate surface area is 191 Å². The first kappa shape index (κ1) is 25.0. The van der Waals surface area contributed by atoms with Gasteiger partial charge in [-0.25, -0.2) is 0 Å². The van der Waals surface area contributed by atoms with Crippen molar-refractivity contribution in [3.63, 3.8) is 0 Å². The van der Waals surface area contributed by atoms with Gasteiger partial charge in [0.25, 0.3) is 0 Å². The molecule has 3 aliphatic rings. The largest absolute Gasteiger partial charge is 0.496 e. The second-order valence-electron chi connectivity index (χ2n) is 8.38. The van der Waals surface area contributed by atoms with E-state index in [0.29, 0.717) is 5.91 Å². The first-order valence-electron chi connectivity index (χ1n) is 10.7. The number of methoxy groups -OCH3 is 1. The van der Waals surface area contributed by atoms with E-state index in [1.807, 2.05) is 12.1 Å². The maximum absolute atomic E-state index is 12.8. The lowest BCUT2D eigenvalue weighted by Gasteiger charge is -2.36. The van der Waals surface area contributed by atoms with Gasteiger partial charge in [-0.2, -0.15) is 0 Å². The zero-order valence-electron chi connectivity index (χ0n) is 17.8. The lowest BCUT2D eigenvalue weighted by Crippen LogP contribution is -2.44. The summed E-state index contributed by atoms with van der Waals surface area (Å²) in [5, 5.41) is 0.804. The number of rotatable bonds is 4. The SMILES string of the molecule is COc1ccc(Cl)c2c1CCC(CN1CCC(C(=O)N3CCCCC3)CC1)=C2.Cl.O. The minimum absolute atomic E-state index is 0. The van der Waals surface area contributed by atoms with Gasteiger partial charge in [-0.05, 0) is 75.7 Å². The average molecular weight is 457 g/mol. The third-order valence-electron chi connectivity index (χ3n) is 6.56. The van der Waals surface area contributed by atoms with Crippen LogP contribution in [-0.2, 0) is 11.2 Å². The van der Waals surface area contributed by atoms with Crippen molar-refractivity contribution in [2.75, 3.05) is 39.8 Å². The number of hydrogen-bond donors (Lipinski definition) is 0. The molecular weight excluding hydrogens is 423 g/mol. The maximum Gasteiger partial charge on any atom is 0.225 e. The van der Waals surface area contributed by atoms with E-state index in [1.54, 1.807) is 7.11 Å². The summed E-state index contributed by atoms with van der Waals surface area (Å²) in [7, 11) is 1.72. The molecule has 1 amide bonds. The molecule has 1 aliphatic carbocycles. The fourth-order valence-electron chi connectivity index (χ4n) is 4.91. The molecule has 0 atom stereocenters. The summed E-state index contributed by atoms with van der Waals surface area (Å²) in [6.07, 6.45) is 9.90. The molecule has 2 saturated heterocycles. The molecular formula is C23H34Cl2N2O3. The molecule has 2 N–H and O–H groups in total. The van der Waals surface area contributed by atoms with Gasteiger partial charge in [0.2, 0.25) is 5.91 Å². The number of carbonyl (C=O) groups excluding carboxylic acids is 1. The molecule has 0 radical (unpaired) electrons. The Balaban J connectivity index is 0.00000160. The summed E-state index contributed by atoms with van der Waals surface area (Å²) in [4.78, 5) is 17.4. The predicted molar refractivity (Wildman–Crippen MR) is 125 cm³/mol. The van der Waals surface area contributed by atoms with Crippen molar-refractivity contribution in [3.05, 3.63) is 33.9 Å². The summed E-state index contributed by atoms with van der Waals surface area (Å²) in [6, 6.07) is 3.89. The van der Waals surface area contributed by atoms with Crippen LogP contribution in [0.5, 0.6) is 5.75 Å². The quantitative estimate of drug-likeness (QED) is 0.687. The van der Waals surface area contributed by atoms with Crippen LogP contribution in [0, 0.1) is 5.92 Å². The van der Waals surface area contributed by atoms with Crippen LogP contribution in [0.2, 0.25) is 5.02 Å². The van der Waals surface area contributed by atoms with E-state index in [4.69, 9.17) is 16.3 Å². The first-order chi connectivity index (χ1) is 13.7. The third-order valence-corrected chi connectivity index (χ3v) is 6.89. The second kappa shape index (κ2) is 11.4. The van der Waals surface area contributed by atoms with Gasteiger partial charge in [0.1, 0.15) is 5.75 Å². The number of hydrogen-bond acceptors (Lipinski definition) is 3. The van der Waals surface area contributed by atoms with Gasteiger partial charge in [0, 0.05) is 36.1 Å². The van der Waals surface area contributed by atoms with Gasteiger partial charge < -0.3 is 15.1 Å². The zero-order valence-corrected chi connectivity index (χ0v) is 19.4. The molecule has 7 heteroatoms. The number of benzene rings is 1. The van der Waals surface area contributed by atoms with Gasteiger partial charge in [-0.1, -0.05) is 23.3 Å². The molecule has 2 aliphatic heterocycles. The predicted octanol–water partition coefficient (Wildman–Crippen LogP) is 4.00. The van der Waals surface area contributed by atoms with E-state index in [1.165, 1.54) is 30.4 Å². The lowest BCUT2D eigenvalue weighted by molar-refractivity contribution is -0.137. The minimum Gasteiger partial charge on any atom is -0.496 e. The normalized spacial score (nSPS) is 19.8. The number of amides is 1. The van der Waals surface area contributed by atoms with Crippen molar-refractivity contribution < 1.29 is 15.0 Å². The highest BCUT2D eigenvalue weighted by Crippen LogP contribution is 2.36. The molecule has 1 aromatic carbocycles. The van der Waals surface area contributed by atoms with E-state index in [-0.39, 0.29) is 23.8 Å². The van der Waals surface area contributed by atoms with E-state index >= 15 is 0 Å². The topological polar surface area (TPSA) is 64.3 Å². The van der Waals surface area contributed by atoms with Crippen molar-refractivity contribution in [3.8, 4) is 5.75 Å². The van der Waals surface area contributed by atoms with Crippen LogP contribution in [0.25, 0.3) is 6.08 Å². The minimum atomic E-state index is 0. The Bertz CT molecular complexity index is 755. The van der Waals surface area contributed by atoms with Gasteiger partial charge in [0.05, 0.1) is 7.11 Å². The molecule has 4 rings (SSSR count). The van der Waals surface area contributed by atoms with Gasteiger partial charge in [-0.3, -0.25) is 9.69 Å². The van der Waals surface area contributed by atoms with Gasteiger partial charge in [-0.15, -0.1) is 12.4 Å². The van der Waals surface area contributed by atoms with Crippen molar-refractivity contribution in [1.29, 1.82) is 0 Å². The summed E-state index contributed by atoms with van der Waals surface area (Å²) < 4.78 is 5.50. The van der Waals surface area contributed by atoms with E-state index < -0.39 is 0 Å². The molecule has 2 heterocycles. The molecule has 5 nitrogen and oxygen atoms in total. The van der Waals surface area contributed by atoms with E-state index in [9.17, 15) is 4.79 Å². The summed E-state index contributed by atoms with van der Waals surface area (Å²) >= 11 is 6.45. The van der Waals surface area contributed by atoms with Crippen molar-refractivity contribution >= 4 is 36.0 Å². The van der Waals surface area contributed by atoms with Crippen molar-refractivity contribution in [1.82, 2.24) is 9.80 Å². The molecule has 1 aromatic rings. The van der Waals surface area contributed by atoms with Crippen LogP contribution in [0.4, 0.5) is 0 Å². The number of nitrogens with zero attached hydrogens (tertiary/aromatic N) is 2. The number of piperidine rings is 2. The van der Waals surface area contributed by atoms with Crippen molar-refractivity contribution in [2.45, 2.75) is 44.9 Å². The Morgan fingerprint density at radius 1 is 1.10 bits per heavy atom. The molecule has 0 saturated carbocycles. The highest BCUT2D eigenvalue weighted by molar-refractivity contribution is 6.32. The molecule has 0 spiro atoms. The third kappa shape index (κ3) is 5.50. The second-order valence-corrected chi connectivity index (χ2v) is 8.79. The number of halogens is 2. The first-order valence-corrected chi connectivity index (χ1v) is 11.1. The number of fused-ring (bicyclic) bond motifs is 1. The highest BCUT2D eigenvalue weighted by atomic mass is 35.5. The molecule has 0 unspecified atom stereocenters. The molecule has 30 heavy (non-hydrogen) atoms. The van der Waals surface area contributed by atoms with Crippen LogP contribution in [-0.4, -0.2) is 61.0 Å². The van der Waals surface area contributed by atoms with Crippen LogP contribution in [0.3, 0.4) is 0 Å². The van der Waals surface area contributed by atoms with Crippen molar-refractivity contribution in [2.24, 2.45) is 5.92 Å². The Kier molecular flexibility index (Phi) is 9.48. The fourth-order valence-corrected chi connectivity index (χ4v) is 5.14. The van der Waals surface area contributed by atoms with Crippen LogP contribution in [0.1, 0.15) is 49.7 Å². The van der Waals surface area contributed by atoms with Crippen LogP contribution < -0.4 is 4.74 Å². The Morgan fingerprint density at radius 2 is 1.80 bits per heavy atom. The number of carbonyl (C=O) groups is 1. The molecule has 0 aromatic heterocycles. The summed E-state index contributed by atoms with van der Waals surface area (Å²) in [6.45, 7) is 4.95. The highest BCUT2D eigenvalue weighted by Gasteiger charge is 2.29. The summed E-state index contributed by atoms with van der Waals surface area (Å²) in [5.74, 6) is 1.57. The lowest BCUT2D eigenvalue weighted by atomic mass is 9.90. The van der Waals surface area contributed by atoms with Gasteiger partial charge >= 0.3 is 0 Å². The fraction of sp³-hybridized carbons (Fsp3) is 0.609. The summed E-state index contributed by atoms with van der Waals surface area (Å²) in [5.41, 5.74) is 3.78. The number of ether oxygens (including phenoxy) is 1. The average Bonchev–Trinajstić information content (AvgIpc) is 2.75. The number of likely N-dealkylation sites (tertiary alicyclic amines) is 2. The van der Waals surface area contributed by atoms with E-state index in [2.05, 4.69) is 15.9 Å².